The van der Waals surface area contributed by atoms with E-state index in [1.54, 1.807) is 0 Å². The number of ether oxygens (including phenoxy) is 1. The van der Waals surface area contributed by atoms with Crippen molar-refractivity contribution in [2.24, 2.45) is 0 Å². The minimum Gasteiger partial charge on any atom is -0.464 e. The Morgan fingerprint density at radius 1 is 1.26 bits per heavy atom. The molecule has 2 rings (SSSR count). The Bertz CT molecular complexity index is 419. The predicted molar refractivity (Wildman–Crippen MR) is 72.5 cm³/mol. The summed E-state index contributed by atoms with van der Waals surface area (Å²) in [5.74, 6) is 0.356. The standard InChI is InChI=1S/C12H19ClN4O2/c1-2-19-12-16-10(13)15-11(17-12)14-8-6-4-3-5-7-9(8)18/h8-9,18H,2-7H2,1H3,(H,14,15,16,17). The molecule has 0 aliphatic heterocycles. The number of hydrogen-bond acceptors (Lipinski definition) is 6. The lowest BCUT2D eigenvalue weighted by Crippen LogP contribution is -2.33. The zero-order valence-electron chi connectivity index (χ0n) is 11.0. The van der Waals surface area contributed by atoms with Gasteiger partial charge in [0.15, 0.2) is 0 Å². The number of hydrogen-bond donors (Lipinski definition) is 2. The van der Waals surface area contributed by atoms with Gasteiger partial charge in [-0.2, -0.15) is 15.0 Å². The van der Waals surface area contributed by atoms with E-state index >= 15 is 0 Å². The van der Waals surface area contributed by atoms with Crippen molar-refractivity contribution in [2.75, 3.05) is 11.9 Å². The molecule has 2 unspecified atom stereocenters. The van der Waals surface area contributed by atoms with Crippen LogP contribution in [0.5, 0.6) is 6.01 Å². The molecule has 0 amide bonds. The number of aliphatic hydroxyl groups excluding tert-OH is 1. The van der Waals surface area contributed by atoms with Crippen molar-refractivity contribution in [3.05, 3.63) is 5.28 Å². The van der Waals surface area contributed by atoms with Gasteiger partial charge >= 0.3 is 6.01 Å². The molecule has 1 saturated carbocycles. The first-order chi connectivity index (χ1) is 9.19. The average molecular weight is 287 g/mol. The molecule has 2 atom stereocenters. The Morgan fingerprint density at radius 2 is 2.05 bits per heavy atom. The van der Waals surface area contributed by atoms with Crippen LogP contribution in [0.2, 0.25) is 5.28 Å². The molecular weight excluding hydrogens is 268 g/mol. The van der Waals surface area contributed by atoms with E-state index in [1.807, 2.05) is 6.92 Å². The van der Waals surface area contributed by atoms with E-state index in [2.05, 4.69) is 20.3 Å². The summed E-state index contributed by atoms with van der Waals surface area (Å²) in [6.45, 7) is 2.31. The molecule has 0 aromatic carbocycles. The van der Waals surface area contributed by atoms with Gasteiger partial charge in [0, 0.05) is 0 Å². The summed E-state index contributed by atoms with van der Waals surface area (Å²) in [5, 5.41) is 13.3. The lowest BCUT2D eigenvalue weighted by Gasteiger charge is -2.21. The normalized spacial score (nSPS) is 23.7. The second kappa shape index (κ2) is 6.86. The molecule has 1 aromatic rings. The molecule has 19 heavy (non-hydrogen) atoms. The molecule has 106 valence electrons. The van der Waals surface area contributed by atoms with Gasteiger partial charge in [0.25, 0.3) is 0 Å². The number of rotatable bonds is 4. The van der Waals surface area contributed by atoms with E-state index in [4.69, 9.17) is 16.3 Å². The van der Waals surface area contributed by atoms with Crippen molar-refractivity contribution in [1.82, 2.24) is 15.0 Å². The number of halogens is 1. The highest BCUT2D eigenvalue weighted by molar-refractivity contribution is 6.28. The number of nitrogens with one attached hydrogen (secondary N) is 1. The van der Waals surface area contributed by atoms with E-state index in [-0.39, 0.29) is 23.4 Å². The Kier molecular flexibility index (Phi) is 5.15. The monoisotopic (exact) mass is 286 g/mol. The fourth-order valence-electron chi connectivity index (χ4n) is 2.21. The summed E-state index contributed by atoms with van der Waals surface area (Å²) in [6.07, 6.45) is 4.61. The first-order valence-corrected chi connectivity index (χ1v) is 7.06. The molecule has 0 bridgehead atoms. The lowest BCUT2D eigenvalue weighted by atomic mass is 10.1. The van der Waals surface area contributed by atoms with Crippen molar-refractivity contribution in [2.45, 2.75) is 51.2 Å². The maximum atomic E-state index is 10.1. The highest BCUT2D eigenvalue weighted by Gasteiger charge is 2.22. The van der Waals surface area contributed by atoms with Gasteiger partial charge in [0.1, 0.15) is 0 Å². The van der Waals surface area contributed by atoms with Crippen LogP contribution in [-0.2, 0) is 0 Å². The smallest absolute Gasteiger partial charge is 0.322 e. The molecule has 1 aliphatic rings. The van der Waals surface area contributed by atoms with Crippen LogP contribution in [-0.4, -0.2) is 38.8 Å². The summed E-state index contributed by atoms with van der Waals surface area (Å²) in [4.78, 5) is 12.0. The van der Waals surface area contributed by atoms with Gasteiger partial charge < -0.3 is 15.2 Å². The quantitative estimate of drug-likeness (QED) is 0.825. The van der Waals surface area contributed by atoms with Crippen LogP contribution in [0.4, 0.5) is 5.95 Å². The van der Waals surface area contributed by atoms with Crippen LogP contribution in [0, 0.1) is 0 Å². The first-order valence-electron chi connectivity index (χ1n) is 6.68. The number of aromatic nitrogens is 3. The SMILES string of the molecule is CCOc1nc(Cl)nc(NC2CCCCCC2O)n1. The van der Waals surface area contributed by atoms with Gasteiger partial charge in [-0.05, 0) is 31.4 Å². The van der Waals surface area contributed by atoms with Gasteiger partial charge in [0.05, 0.1) is 18.8 Å². The predicted octanol–water partition coefficient (Wildman–Crippen LogP) is 2.03. The van der Waals surface area contributed by atoms with Gasteiger partial charge in [-0.3, -0.25) is 0 Å². The molecule has 1 aromatic heterocycles. The van der Waals surface area contributed by atoms with Gasteiger partial charge in [-0.1, -0.05) is 19.3 Å². The molecular formula is C12H19ClN4O2. The summed E-state index contributed by atoms with van der Waals surface area (Å²) in [5.41, 5.74) is 0. The molecule has 1 aliphatic carbocycles. The summed E-state index contributed by atoms with van der Waals surface area (Å²) >= 11 is 5.83. The Hall–Kier alpha value is -1.14. The number of aliphatic hydroxyl groups is 1. The third-order valence-electron chi connectivity index (χ3n) is 3.16. The minimum absolute atomic E-state index is 0.0459. The molecule has 0 spiro atoms. The Balaban J connectivity index is 2.08. The highest BCUT2D eigenvalue weighted by atomic mass is 35.5. The zero-order valence-corrected chi connectivity index (χ0v) is 11.7. The molecule has 1 fully saturated rings. The highest BCUT2D eigenvalue weighted by Crippen LogP contribution is 2.21. The van der Waals surface area contributed by atoms with E-state index in [1.165, 1.54) is 0 Å². The van der Waals surface area contributed by atoms with Crippen LogP contribution in [0.3, 0.4) is 0 Å². The first kappa shape index (κ1) is 14.3. The van der Waals surface area contributed by atoms with Crippen molar-refractivity contribution >= 4 is 17.5 Å². The Labute approximate surface area is 117 Å². The van der Waals surface area contributed by atoms with Crippen LogP contribution < -0.4 is 10.1 Å². The molecule has 7 heteroatoms. The van der Waals surface area contributed by atoms with Gasteiger partial charge in [-0.25, -0.2) is 0 Å². The van der Waals surface area contributed by atoms with Crippen LogP contribution >= 0.6 is 11.6 Å². The maximum Gasteiger partial charge on any atom is 0.322 e. The van der Waals surface area contributed by atoms with Crippen LogP contribution in [0.1, 0.15) is 39.0 Å². The summed E-state index contributed by atoms with van der Waals surface area (Å²) in [7, 11) is 0. The number of nitrogens with zero attached hydrogens (tertiary/aromatic N) is 3. The summed E-state index contributed by atoms with van der Waals surface area (Å²) in [6, 6.07) is 0.156. The Morgan fingerprint density at radius 3 is 2.84 bits per heavy atom. The van der Waals surface area contributed by atoms with E-state index in [9.17, 15) is 5.11 Å². The van der Waals surface area contributed by atoms with E-state index < -0.39 is 0 Å². The van der Waals surface area contributed by atoms with Crippen molar-refractivity contribution in [3.63, 3.8) is 0 Å². The molecule has 0 radical (unpaired) electrons. The largest absolute Gasteiger partial charge is 0.464 e. The molecule has 2 N–H and O–H groups in total. The van der Waals surface area contributed by atoms with Gasteiger partial charge in [-0.15, -0.1) is 0 Å². The summed E-state index contributed by atoms with van der Waals surface area (Å²) < 4.78 is 5.22. The number of anilines is 1. The molecule has 6 nitrogen and oxygen atoms in total. The fourth-order valence-corrected chi connectivity index (χ4v) is 2.36. The topological polar surface area (TPSA) is 80.2 Å². The zero-order chi connectivity index (χ0) is 13.7. The van der Waals surface area contributed by atoms with Crippen molar-refractivity contribution in [3.8, 4) is 6.01 Å². The maximum absolute atomic E-state index is 10.1. The van der Waals surface area contributed by atoms with Gasteiger partial charge in [0.2, 0.25) is 11.2 Å². The fraction of sp³-hybridized carbons (Fsp3) is 0.750. The van der Waals surface area contributed by atoms with Crippen LogP contribution in [0.15, 0.2) is 0 Å². The molecule has 0 saturated heterocycles. The third kappa shape index (κ3) is 4.18. The third-order valence-corrected chi connectivity index (χ3v) is 3.32. The van der Waals surface area contributed by atoms with Crippen molar-refractivity contribution < 1.29 is 9.84 Å². The molecule has 1 heterocycles. The minimum atomic E-state index is -0.381. The second-order valence-electron chi connectivity index (χ2n) is 4.60. The van der Waals surface area contributed by atoms with E-state index in [0.717, 1.165) is 32.1 Å². The lowest BCUT2D eigenvalue weighted by molar-refractivity contribution is 0.144. The van der Waals surface area contributed by atoms with Crippen molar-refractivity contribution in [1.29, 1.82) is 0 Å². The van der Waals surface area contributed by atoms with Crippen LogP contribution in [0.25, 0.3) is 0 Å². The second-order valence-corrected chi connectivity index (χ2v) is 4.94. The average Bonchev–Trinajstić information content (AvgIpc) is 2.55. The van der Waals surface area contributed by atoms with E-state index in [0.29, 0.717) is 12.6 Å².